The number of phenols is 1. The van der Waals surface area contributed by atoms with Crippen molar-refractivity contribution in [2.45, 2.75) is 76.3 Å². The second kappa shape index (κ2) is 8.02. The van der Waals surface area contributed by atoms with Crippen molar-refractivity contribution in [2.24, 2.45) is 4.99 Å². The zero-order valence-electron chi connectivity index (χ0n) is 16.3. The number of rotatable bonds is 6. The number of hydrogen-bond donors (Lipinski definition) is 2. The second-order valence-electron chi connectivity index (χ2n) is 8.10. The van der Waals surface area contributed by atoms with E-state index >= 15 is 0 Å². The van der Waals surface area contributed by atoms with Gasteiger partial charge in [-0.3, -0.25) is 4.99 Å². The maximum Gasteiger partial charge on any atom is 0.200 e. The van der Waals surface area contributed by atoms with Crippen LogP contribution in [-0.2, 0) is 4.43 Å². The zero-order valence-corrected chi connectivity index (χ0v) is 17.3. The number of aromatic hydroxyl groups is 1. The van der Waals surface area contributed by atoms with Crippen LogP contribution in [0.15, 0.2) is 29.3 Å². The number of benzene rings is 1. The predicted molar refractivity (Wildman–Crippen MR) is 106 cm³/mol. The van der Waals surface area contributed by atoms with Gasteiger partial charge < -0.3 is 14.6 Å². The fourth-order valence-electron chi connectivity index (χ4n) is 4.59. The highest BCUT2D eigenvalue weighted by Crippen LogP contribution is 2.45. The van der Waals surface area contributed by atoms with Crippen LogP contribution in [0.4, 0.5) is 0 Å². The first-order chi connectivity index (χ1) is 11.7. The molecule has 1 aliphatic rings. The van der Waals surface area contributed by atoms with Crippen molar-refractivity contribution in [1.82, 2.24) is 0 Å². The third-order valence-corrected chi connectivity index (χ3v) is 11.8. The van der Waals surface area contributed by atoms with Crippen molar-refractivity contribution < 1.29 is 14.6 Å². The van der Waals surface area contributed by atoms with E-state index in [9.17, 15) is 10.2 Å². The molecule has 0 saturated heterocycles. The molecule has 1 heterocycles. The Morgan fingerprint density at radius 1 is 1.00 bits per heavy atom. The van der Waals surface area contributed by atoms with E-state index in [2.05, 4.69) is 46.5 Å². The summed E-state index contributed by atoms with van der Waals surface area (Å²) >= 11 is 0. The summed E-state index contributed by atoms with van der Waals surface area (Å²) in [5.41, 5.74) is 2.43. The van der Waals surface area contributed by atoms with Gasteiger partial charge in [-0.25, -0.2) is 0 Å². The van der Waals surface area contributed by atoms with E-state index in [0.717, 1.165) is 5.56 Å². The second-order valence-corrected chi connectivity index (χ2v) is 13.5. The van der Waals surface area contributed by atoms with E-state index < -0.39 is 14.4 Å². The van der Waals surface area contributed by atoms with Crippen LogP contribution in [0.2, 0.25) is 16.6 Å². The van der Waals surface area contributed by atoms with Gasteiger partial charge in [-0.1, -0.05) is 53.7 Å². The molecule has 0 spiro atoms. The van der Waals surface area contributed by atoms with Crippen molar-refractivity contribution in [2.75, 3.05) is 6.54 Å². The summed E-state index contributed by atoms with van der Waals surface area (Å²) in [7, 11) is -2.06. The summed E-state index contributed by atoms with van der Waals surface area (Å²) in [4.78, 5) is 4.37. The Bertz CT molecular complexity index is 561. The standard InChI is InChI=1S/C20H33NO3Si/c1-13(2)25(14(3)4,15(5)6)24-19-12-21-11-18(23)20(19)16-7-9-17(22)10-8-16/h7-11,13-15,18-20,22-23H,12H2,1-6H3. The molecule has 0 saturated carbocycles. The Morgan fingerprint density at radius 3 is 2.00 bits per heavy atom. The summed E-state index contributed by atoms with van der Waals surface area (Å²) in [6.45, 7) is 14.2. The average molecular weight is 364 g/mol. The molecule has 140 valence electrons. The highest BCUT2D eigenvalue weighted by Gasteiger charge is 2.48. The van der Waals surface area contributed by atoms with Gasteiger partial charge >= 0.3 is 0 Å². The van der Waals surface area contributed by atoms with Gasteiger partial charge in [-0.15, -0.1) is 0 Å². The maximum atomic E-state index is 10.6. The smallest absolute Gasteiger partial charge is 0.200 e. The Hall–Kier alpha value is -1.17. The van der Waals surface area contributed by atoms with Crippen molar-refractivity contribution in [1.29, 1.82) is 0 Å². The summed E-state index contributed by atoms with van der Waals surface area (Å²) in [5.74, 6) is 0.0803. The average Bonchev–Trinajstić information content (AvgIpc) is 2.52. The molecular weight excluding hydrogens is 330 g/mol. The maximum absolute atomic E-state index is 10.6. The molecule has 0 bridgehead atoms. The summed E-state index contributed by atoms with van der Waals surface area (Å²) < 4.78 is 6.93. The molecule has 2 rings (SSSR count). The minimum atomic E-state index is -2.06. The van der Waals surface area contributed by atoms with E-state index in [1.807, 2.05) is 12.1 Å². The van der Waals surface area contributed by atoms with Crippen LogP contribution in [-0.4, -0.2) is 43.5 Å². The number of phenolic OH excluding ortho intramolecular Hbond substituents is 1. The van der Waals surface area contributed by atoms with E-state index in [1.54, 1.807) is 18.3 Å². The minimum absolute atomic E-state index is 0.136. The minimum Gasteiger partial charge on any atom is -0.508 e. The van der Waals surface area contributed by atoms with Gasteiger partial charge in [0.25, 0.3) is 0 Å². The fraction of sp³-hybridized carbons (Fsp3) is 0.650. The lowest BCUT2D eigenvalue weighted by Gasteiger charge is -2.47. The normalized spacial score (nSPS) is 24.5. The van der Waals surface area contributed by atoms with Gasteiger partial charge in [0.05, 0.1) is 18.8 Å². The number of hydrogen-bond acceptors (Lipinski definition) is 4. The first-order valence-electron chi connectivity index (χ1n) is 9.34. The van der Waals surface area contributed by atoms with Crippen LogP contribution < -0.4 is 0 Å². The zero-order chi connectivity index (χ0) is 18.8. The number of aliphatic imine (C=N–C) groups is 1. The number of nitrogens with zero attached hydrogens (tertiary/aromatic N) is 1. The van der Waals surface area contributed by atoms with Crippen LogP contribution in [0.25, 0.3) is 0 Å². The Balaban J connectivity index is 2.39. The molecule has 1 aliphatic heterocycles. The van der Waals surface area contributed by atoms with Crippen molar-refractivity contribution in [3.63, 3.8) is 0 Å². The molecule has 0 amide bonds. The topological polar surface area (TPSA) is 62.0 Å². The lowest BCUT2D eigenvalue weighted by molar-refractivity contribution is 0.0872. The molecule has 4 nitrogen and oxygen atoms in total. The summed E-state index contributed by atoms with van der Waals surface area (Å²) in [6, 6.07) is 7.09. The fourth-order valence-corrected chi connectivity index (χ4v) is 10.2. The quantitative estimate of drug-likeness (QED) is 0.732. The largest absolute Gasteiger partial charge is 0.508 e. The summed E-state index contributed by atoms with van der Waals surface area (Å²) in [6.07, 6.45) is 0.825. The van der Waals surface area contributed by atoms with Gasteiger partial charge in [0, 0.05) is 12.1 Å². The van der Waals surface area contributed by atoms with Crippen LogP contribution in [0, 0.1) is 0 Å². The molecule has 1 aromatic carbocycles. The molecule has 3 atom stereocenters. The third-order valence-electron chi connectivity index (χ3n) is 5.65. The van der Waals surface area contributed by atoms with Crippen LogP contribution in [0.1, 0.15) is 53.0 Å². The molecular formula is C20H33NO3Si. The molecule has 3 unspecified atom stereocenters. The Kier molecular flexibility index (Phi) is 6.46. The molecule has 0 radical (unpaired) electrons. The first-order valence-corrected chi connectivity index (χ1v) is 11.5. The van der Waals surface area contributed by atoms with E-state index in [1.165, 1.54) is 0 Å². The Morgan fingerprint density at radius 2 is 1.52 bits per heavy atom. The van der Waals surface area contributed by atoms with E-state index in [-0.39, 0.29) is 17.8 Å². The Labute approximate surface area is 153 Å². The van der Waals surface area contributed by atoms with Gasteiger partial charge in [0.2, 0.25) is 8.32 Å². The van der Waals surface area contributed by atoms with Gasteiger partial charge in [0.15, 0.2) is 0 Å². The summed E-state index contributed by atoms with van der Waals surface area (Å²) in [5, 5.41) is 20.2. The number of aliphatic hydroxyl groups is 1. The van der Waals surface area contributed by atoms with Crippen LogP contribution >= 0.6 is 0 Å². The molecule has 0 aliphatic carbocycles. The van der Waals surface area contributed by atoms with Crippen molar-refractivity contribution in [3.8, 4) is 5.75 Å². The monoisotopic (exact) mass is 363 g/mol. The number of aliphatic hydroxyl groups excluding tert-OH is 1. The lowest BCUT2D eigenvalue weighted by Crippen LogP contribution is -2.53. The highest BCUT2D eigenvalue weighted by atomic mass is 28.4. The molecule has 0 fully saturated rings. The van der Waals surface area contributed by atoms with E-state index in [0.29, 0.717) is 23.2 Å². The molecule has 25 heavy (non-hydrogen) atoms. The van der Waals surface area contributed by atoms with Gasteiger partial charge in [-0.05, 0) is 34.3 Å². The van der Waals surface area contributed by atoms with Gasteiger partial charge in [0.1, 0.15) is 5.75 Å². The van der Waals surface area contributed by atoms with E-state index in [4.69, 9.17) is 4.43 Å². The van der Waals surface area contributed by atoms with Crippen LogP contribution in [0.5, 0.6) is 5.75 Å². The lowest BCUT2D eigenvalue weighted by atomic mass is 9.87. The van der Waals surface area contributed by atoms with Gasteiger partial charge in [-0.2, -0.15) is 0 Å². The highest BCUT2D eigenvalue weighted by molar-refractivity contribution is 6.77. The predicted octanol–water partition coefficient (Wildman–Crippen LogP) is 4.48. The molecule has 5 heteroatoms. The molecule has 0 aromatic heterocycles. The van der Waals surface area contributed by atoms with Crippen LogP contribution in [0.3, 0.4) is 0 Å². The molecule has 1 aromatic rings. The van der Waals surface area contributed by atoms with Crippen molar-refractivity contribution in [3.05, 3.63) is 29.8 Å². The SMILES string of the molecule is CC(C)[Si](OC1CN=CC(O)C1c1ccc(O)cc1)(C(C)C)C(C)C. The van der Waals surface area contributed by atoms with Crippen molar-refractivity contribution >= 4 is 14.5 Å². The molecule has 2 N–H and O–H groups in total. The third kappa shape index (κ3) is 3.99. The first kappa shape index (κ1) is 20.1.